The summed E-state index contributed by atoms with van der Waals surface area (Å²) in [4.78, 5) is 0. The van der Waals surface area contributed by atoms with Gasteiger partial charge in [-0.3, -0.25) is 5.10 Å². The van der Waals surface area contributed by atoms with Gasteiger partial charge in [0.05, 0.1) is 17.8 Å². The molecule has 0 saturated carbocycles. The van der Waals surface area contributed by atoms with Crippen LogP contribution in [0.5, 0.6) is 0 Å². The van der Waals surface area contributed by atoms with Crippen LogP contribution in [0.25, 0.3) is 10.9 Å². The minimum atomic E-state index is 0.367. The molecular formula is C16H14ClN3. The van der Waals surface area contributed by atoms with Gasteiger partial charge in [-0.05, 0) is 54.3 Å². The van der Waals surface area contributed by atoms with Gasteiger partial charge >= 0.3 is 0 Å². The number of nitrogens with one attached hydrogen (secondary N) is 2. The molecular weight excluding hydrogens is 270 g/mol. The highest BCUT2D eigenvalue weighted by Crippen LogP contribution is 2.35. The summed E-state index contributed by atoms with van der Waals surface area (Å²) >= 11 is 6.05. The quantitative estimate of drug-likeness (QED) is 0.735. The van der Waals surface area contributed by atoms with Crippen molar-refractivity contribution in [1.82, 2.24) is 10.2 Å². The molecule has 1 aromatic heterocycles. The molecule has 4 heteroatoms. The summed E-state index contributed by atoms with van der Waals surface area (Å²) in [5, 5.41) is 12.6. The Morgan fingerprint density at radius 1 is 1.20 bits per heavy atom. The van der Waals surface area contributed by atoms with Crippen molar-refractivity contribution in [2.24, 2.45) is 0 Å². The SMILES string of the molecule is Clc1ccc2c(c1)CCC2Nc1ccc2[nH]ncc2c1. The summed E-state index contributed by atoms with van der Waals surface area (Å²) in [6, 6.07) is 12.8. The molecule has 0 saturated heterocycles. The van der Waals surface area contributed by atoms with E-state index in [1.54, 1.807) is 0 Å². The Morgan fingerprint density at radius 3 is 3.10 bits per heavy atom. The third kappa shape index (κ3) is 1.95. The number of H-pyrrole nitrogens is 1. The van der Waals surface area contributed by atoms with Crippen molar-refractivity contribution in [3.8, 4) is 0 Å². The molecule has 0 amide bonds. The number of rotatable bonds is 2. The Bertz CT molecular complexity index is 778. The van der Waals surface area contributed by atoms with E-state index in [1.165, 1.54) is 11.1 Å². The van der Waals surface area contributed by atoms with Gasteiger partial charge in [0, 0.05) is 16.1 Å². The topological polar surface area (TPSA) is 40.7 Å². The molecule has 1 heterocycles. The Morgan fingerprint density at radius 2 is 2.15 bits per heavy atom. The second-order valence-electron chi connectivity index (χ2n) is 5.25. The first-order chi connectivity index (χ1) is 9.79. The summed E-state index contributed by atoms with van der Waals surface area (Å²) in [7, 11) is 0. The largest absolute Gasteiger partial charge is 0.378 e. The number of anilines is 1. The summed E-state index contributed by atoms with van der Waals surface area (Å²) in [5.41, 5.74) is 4.92. The van der Waals surface area contributed by atoms with Crippen molar-refractivity contribution in [1.29, 1.82) is 0 Å². The Kier molecular flexibility index (Phi) is 2.67. The van der Waals surface area contributed by atoms with E-state index in [0.29, 0.717) is 6.04 Å². The number of hydrogen-bond acceptors (Lipinski definition) is 2. The normalized spacial score (nSPS) is 17.4. The van der Waals surface area contributed by atoms with E-state index in [-0.39, 0.29) is 0 Å². The molecule has 0 aliphatic heterocycles. The molecule has 0 spiro atoms. The molecule has 3 nitrogen and oxygen atoms in total. The second kappa shape index (κ2) is 4.53. The molecule has 0 bridgehead atoms. The Labute approximate surface area is 122 Å². The fourth-order valence-electron chi connectivity index (χ4n) is 2.97. The van der Waals surface area contributed by atoms with E-state index < -0.39 is 0 Å². The van der Waals surface area contributed by atoms with E-state index in [1.807, 2.05) is 12.3 Å². The van der Waals surface area contributed by atoms with Crippen LogP contribution in [0.4, 0.5) is 5.69 Å². The van der Waals surface area contributed by atoms with E-state index in [4.69, 9.17) is 11.6 Å². The molecule has 2 N–H and O–H groups in total. The minimum Gasteiger partial charge on any atom is -0.378 e. The summed E-state index contributed by atoms with van der Waals surface area (Å²) in [6.07, 6.45) is 4.05. The van der Waals surface area contributed by atoms with Gasteiger partial charge in [0.2, 0.25) is 0 Å². The maximum absolute atomic E-state index is 6.05. The van der Waals surface area contributed by atoms with Gasteiger partial charge in [-0.1, -0.05) is 17.7 Å². The van der Waals surface area contributed by atoms with Crippen molar-refractivity contribution in [3.05, 3.63) is 58.7 Å². The van der Waals surface area contributed by atoms with Crippen LogP contribution in [0.2, 0.25) is 5.02 Å². The lowest BCUT2D eigenvalue weighted by molar-refractivity contribution is 0.762. The van der Waals surface area contributed by atoms with Crippen molar-refractivity contribution < 1.29 is 0 Å². The van der Waals surface area contributed by atoms with Gasteiger partial charge in [-0.2, -0.15) is 5.10 Å². The summed E-state index contributed by atoms with van der Waals surface area (Å²) in [5.74, 6) is 0. The van der Waals surface area contributed by atoms with E-state index >= 15 is 0 Å². The molecule has 1 unspecified atom stereocenters. The van der Waals surface area contributed by atoms with Crippen LogP contribution < -0.4 is 5.32 Å². The average Bonchev–Trinajstić information content (AvgIpc) is 3.05. The number of halogens is 1. The molecule has 3 aromatic rings. The Hall–Kier alpha value is -2.00. The highest BCUT2D eigenvalue weighted by atomic mass is 35.5. The molecule has 1 aliphatic rings. The second-order valence-corrected chi connectivity index (χ2v) is 5.69. The first-order valence-electron chi connectivity index (χ1n) is 6.77. The summed E-state index contributed by atoms with van der Waals surface area (Å²) < 4.78 is 0. The molecule has 1 aliphatic carbocycles. The van der Waals surface area contributed by atoms with Crippen LogP contribution >= 0.6 is 11.6 Å². The lowest BCUT2D eigenvalue weighted by atomic mass is 10.1. The van der Waals surface area contributed by atoms with Crippen LogP contribution in [0.3, 0.4) is 0 Å². The number of nitrogens with zero attached hydrogens (tertiary/aromatic N) is 1. The minimum absolute atomic E-state index is 0.367. The number of aromatic amines is 1. The first kappa shape index (κ1) is 11.8. The highest BCUT2D eigenvalue weighted by molar-refractivity contribution is 6.30. The molecule has 20 heavy (non-hydrogen) atoms. The van der Waals surface area contributed by atoms with Crippen molar-refractivity contribution in [3.63, 3.8) is 0 Å². The number of aryl methyl sites for hydroxylation is 1. The predicted octanol–water partition coefficient (Wildman–Crippen LogP) is 4.32. The maximum Gasteiger partial charge on any atom is 0.0651 e. The third-order valence-corrected chi connectivity index (χ3v) is 4.20. The number of benzene rings is 2. The zero-order valence-electron chi connectivity index (χ0n) is 10.9. The number of aromatic nitrogens is 2. The van der Waals surface area contributed by atoms with Crippen LogP contribution in [0.1, 0.15) is 23.6 Å². The maximum atomic E-state index is 6.05. The smallest absolute Gasteiger partial charge is 0.0651 e. The van der Waals surface area contributed by atoms with Crippen LogP contribution in [-0.4, -0.2) is 10.2 Å². The first-order valence-corrected chi connectivity index (χ1v) is 7.15. The zero-order valence-corrected chi connectivity index (χ0v) is 11.6. The van der Waals surface area contributed by atoms with Crippen molar-refractivity contribution in [2.75, 3.05) is 5.32 Å². The molecule has 4 rings (SSSR count). The van der Waals surface area contributed by atoms with E-state index in [0.717, 1.165) is 34.5 Å². The zero-order chi connectivity index (χ0) is 13.5. The van der Waals surface area contributed by atoms with Crippen molar-refractivity contribution in [2.45, 2.75) is 18.9 Å². The molecule has 0 radical (unpaired) electrons. The molecule has 100 valence electrons. The molecule has 2 aromatic carbocycles. The molecule has 0 fully saturated rings. The average molecular weight is 284 g/mol. The third-order valence-electron chi connectivity index (χ3n) is 3.96. The van der Waals surface area contributed by atoms with E-state index in [9.17, 15) is 0 Å². The van der Waals surface area contributed by atoms with Gasteiger partial charge in [0.25, 0.3) is 0 Å². The van der Waals surface area contributed by atoms with Crippen molar-refractivity contribution >= 4 is 28.2 Å². The van der Waals surface area contributed by atoms with Gasteiger partial charge in [-0.25, -0.2) is 0 Å². The fourth-order valence-corrected chi connectivity index (χ4v) is 3.16. The van der Waals surface area contributed by atoms with Crippen LogP contribution in [0.15, 0.2) is 42.6 Å². The number of fused-ring (bicyclic) bond motifs is 2. The monoisotopic (exact) mass is 283 g/mol. The molecule has 1 atom stereocenters. The number of hydrogen-bond donors (Lipinski definition) is 2. The standard InChI is InChI=1S/C16H14ClN3/c17-12-2-4-14-10(7-12)1-5-16(14)19-13-3-6-15-11(8-13)9-18-20-15/h2-4,6-9,16,19H,1,5H2,(H,18,20). The van der Waals surface area contributed by atoms with Gasteiger partial charge in [0.15, 0.2) is 0 Å². The predicted molar refractivity (Wildman–Crippen MR) is 82.2 cm³/mol. The van der Waals surface area contributed by atoms with Gasteiger partial charge in [-0.15, -0.1) is 0 Å². The Balaban J connectivity index is 1.64. The van der Waals surface area contributed by atoms with Crippen LogP contribution in [-0.2, 0) is 6.42 Å². The lowest BCUT2D eigenvalue weighted by Gasteiger charge is -2.15. The van der Waals surface area contributed by atoms with Gasteiger partial charge in [0.1, 0.15) is 0 Å². The van der Waals surface area contributed by atoms with E-state index in [2.05, 4.69) is 45.8 Å². The fraction of sp³-hybridized carbons (Fsp3) is 0.188. The van der Waals surface area contributed by atoms with Gasteiger partial charge < -0.3 is 5.32 Å². The summed E-state index contributed by atoms with van der Waals surface area (Å²) in [6.45, 7) is 0. The highest BCUT2D eigenvalue weighted by Gasteiger charge is 2.22. The van der Waals surface area contributed by atoms with Crippen LogP contribution in [0, 0.1) is 0 Å². The lowest BCUT2D eigenvalue weighted by Crippen LogP contribution is -2.06.